The maximum Gasteiger partial charge on any atom is 0.326 e. The van der Waals surface area contributed by atoms with Gasteiger partial charge in [-0.25, -0.2) is 4.79 Å². The Morgan fingerprint density at radius 1 is 1.00 bits per heavy atom. The molecule has 108 valence electrons. The maximum absolute atomic E-state index is 11.9. The summed E-state index contributed by atoms with van der Waals surface area (Å²) in [5.41, 5.74) is 3.13. The standard InChI is InChI=1S/C17H19N3O/c21-17-19-15-9-4-5-10-16(15)20(17)12-6-11-18-13-14-7-2-1-3-8-14/h1-5,7-10,18H,6,11-13H2,(H,19,21). The molecule has 0 aliphatic rings. The topological polar surface area (TPSA) is 49.8 Å². The van der Waals surface area contributed by atoms with Crippen molar-refractivity contribution >= 4 is 11.0 Å². The molecule has 21 heavy (non-hydrogen) atoms. The van der Waals surface area contributed by atoms with Crippen molar-refractivity contribution < 1.29 is 0 Å². The number of benzene rings is 2. The van der Waals surface area contributed by atoms with Gasteiger partial charge in [0.15, 0.2) is 0 Å². The Labute approximate surface area is 123 Å². The number of fused-ring (bicyclic) bond motifs is 1. The number of aryl methyl sites for hydroxylation is 1. The molecule has 1 aromatic heterocycles. The number of aromatic nitrogens is 2. The number of nitrogens with zero attached hydrogens (tertiary/aromatic N) is 1. The predicted molar refractivity (Wildman–Crippen MR) is 85.3 cm³/mol. The zero-order chi connectivity index (χ0) is 14.5. The van der Waals surface area contributed by atoms with Gasteiger partial charge in [0.1, 0.15) is 0 Å². The van der Waals surface area contributed by atoms with E-state index in [1.165, 1.54) is 5.56 Å². The Hall–Kier alpha value is -2.33. The van der Waals surface area contributed by atoms with Gasteiger partial charge < -0.3 is 10.3 Å². The van der Waals surface area contributed by atoms with Gasteiger partial charge in [-0.05, 0) is 30.7 Å². The van der Waals surface area contributed by atoms with E-state index in [1.807, 2.05) is 42.5 Å². The smallest absolute Gasteiger partial charge is 0.313 e. The average Bonchev–Trinajstić information content (AvgIpc) is 2.84. The van der Waals surface area contributed by atoms with E-state index in [1.54, 1.807) is 4.57 Å². The third kappa shape index (κ3) is 3.23. The summed E-state index contributed by atoms with van der Waals surface area (Å²) in [6.07, 6.45) is 0.925. The normalized spacial score (nSPS) is 11.0. The number of H-pyrrole nitrogens is 1. The van der Waals surface area contributed by atoms with Gasteiger partial charge in [-0.3, -0.25) is 4.57 Å². The van der Waals surface area contributed by atoms with E-state index in [0.717, 1.165) is 37.1 Å². The molecule has 1 heterocycles. The first-order valence-corrected chi connectivity index (χ1v) is 7.27. The number of hydrogen-bond acceptors (Lipinski definition) is 2. The highest BCUT2D eigenvalue weighted by molar-refractivity contribution is 5.74. The lowest BCUT2D eigenvalue weighted by Gasteiger charge is -2.06. The van der Waals surface area contributed by atoms with Crippen LogP contribution < -0.4 is 11.0 Å². The highest BCUT2D eigenvalue weighted by atomic mass is 16.1. The highest BCUT2D eigenvalue weighted by Crippen LogP contribution is 2.09. The quantitative estimate of drug-likeness (QED) is 0.682. The first-order valence-electron chi connectivity index (χ1n) is 7.27. The summed E-state index contributed by atoms with van der Waals surface area (Å²) in [6.45, 7) is 2.48. The van der Waals surface area contributed by atoms with Crippen LogP contribution in [0, 0.1) is 0 Å². The molecule has 3 rings (SSSR count). The second-order valence-corrected chi connectivity index (χ2v) is 5.11. The maximum atomic E-state index is 11.9. The van der Waals surface area contributed by atoms with Crippen molar-refractivity contribution in [2.75, 3.05) is 6.54 Å². The third-order valence-electron chi connectivity index (χ3n) is 3.59. The van der Waals surface area contributed by atoms with Gasteiger partial charge in [0.25, 0.3) is 0 Å². The Bertz CT molecular complexity index is 758. The molecule has 0 aliphatic heterocycles. The van der Waals surface area contributed by atoms with Crippen LogP contribution in [0.3, 0.4) is 0 Å². The summed E-state index contributed by atoms with van der Waals surface area (Å²) in [6, 6.07) is 18.1. The van der Waals surface area contributed by atoms with E-state index in [-0.39, 0.29) is 5.69 Å². The summed E-state index contributed by atoms with van der Waals surface area (Å²) in [5, 5.41) is 3.41. The molecule has 4 nitrogen and oxygen atoms in total. The molecule has 0 aliphatic carbocycles. The molecule has 0 atom stereocenters. The van der Waals surface area contributed by atoms with Crippen LogP contribution in [-0.4, -0.2) is 16.1 Å². The average molecular weight is 281 g/mol. The summed E-state index contributed by atoms with van der Waals surface area (Å²) < 4.78 is 1.81. The van der Waals surface area contributed by atoms with Gasteiger partial charge in [0, 0.05) is 13.1 Å². The third-order valence-corrected chi connectivity index (χ3v) is 3.59. The lowest BCUT2D eigenvalue weighted by molar-refractivity contribution is 0.580. The Balaban J connectivity index is 1.53. The number of aromatic amines is 1. The van der Waals surface area contributed by atoms with Crippen molar-refractivity contribution in [2.24, 2.45) is 0 Å². The van der Waals surface area contributed by atoms with Gasteiger partial charge >= 0.3 is 5.69 Å². The molecular weight excluding hydrogens is 262 g/mol. The molecule has 4 heteroatoms. The first kappa shape index (κ1) is 13.6. The zero-order valence-electron chi connectivity index (χ0n) is 11.9. The van der Waals surface area contributed by atoms with Crippen LogP contribution in [0.2, 0.25) is 0 Å². The fraction of sp³-hybridized carbons (Fsp3) is 0.235. The van der Waals surface area contributed by atoms with Crippen LogP contribution in [0.25, 0.3) is 11.0 Å². The van der Waals surface area contributed by atoms with Crippen LogP contribution in [-0.2, 0) is 13.1 Å². The van der Waals surface area contributed by atoms with Crippen LogP contribution in [0.4, 0.5) is 0 Å². The molecule has 2 N–H and O–H groups in total. The number of imidazole rings is 1. The summed E-state index contributed by atoms with van der Waals surface area (Å²) in [5.74, 6) is 0. The van der Waals surface area contributed by atoms with E-state index in [4.69, 9.17) is 0 Å². The second kappa shape index (κ2) is 6.41. The molecule has 0 amide bonds. The monoisotopic (exact) mass is 281 g/mol. The largest absolute Gasteiger partial charge is 0.326 e. The van der Waals surface area contributed by atoms with Crippen LogP contribution >= 0.6 is 0 Å². The lowest BCUT2D eigenvalue weighted by atomic mass is 10.2. The number of hydrogen-bond donors (Lipinski definition) is 2. The Morgan fingerprint density at radius 2 is 1.76 bits per heavy atom. The molecule has 0 saturated carbocycles. The zero-order valence-corrected chi connectivity index (χ0v) is 11.9. The van der Waals surface area contributed by atoms with E-state index in [0.29, 0.717) is 0 Å². The molecule has 0 fully saturated rings. The number of rotatable bonds is 6. The molecule has 0 bridgehead atoms. The fourth-order valence-corrected chi connectivity index (χ4v) is 2.52. The molecule has 0 radical (unpaired) electrons. The molecule has 2 aromatic carbocycles. The van der Waals surface area contributed by atoms with Crippen LogP contribution in [0.1, 0.15) is 12.0 Å². The van der Waals surface area contributed by atoms with Gasteiger partial charge in [-0.2, -0.15) is 0 Å². The molecule has 0 unspecified atom stereocenters. The van der Waals surface area contributed by atoms with Gasteiger partial charge in [0.2, 0.25) is 0 Å². The van der Waals surface area contributed by atoms with E-state index < -0.39 is 0 Å². The second-order valence-electron chi connectivity index (χ2n) is 5.11. The van der Waals surface area contributed by atoms with Crippen LogP contribution in [0.15, 0.2) is 59.4 Å². The van der Waals surface area contributed by atoms with Gasteiger partial charge in [-0.1, -0.05) is 42.5 Å². The molecular formula is C17H19N3O. The summed E-state index contributed by atoms with van der Waals surface area (Å²) >= 11 is 0. The number of nitrogens with one attached hydrogen (secondary N) is 2. The summed E-state index contributed by atoms with van der Waals surface area (Å²) in [7, 11) is 0. The highest BCUT2D eigenvalue weighted by Gasteiger charge is 2.04. The van der Waals surface area contributed by atoms with Crippen molar-refractivity contribution in [1.29, 1.82) is 0 Å². The summed E-state index contributed by atoms with van der Waals surface area (Å²) in [4.78, 5) is 14.8. The van der Waals surface area contributed by atoms with Crippen molar-refractivity contribution in [2.45, 2.75) is 19.5 Å². The van der Waals surface area contributed by atoms with Gasteiger partial charge in [0.05, 0.1) is 11.0 Å². The van der Waals surface area contributed by atoms with Crippen molar-refractivity contribution in [3.05, 3.63) is 70.6 Å². The minimum absolute atomic E-state index is 0.0285. The fourth-order valence-electron chi connectivity index (χ4n) is 2.52. The predicted octanol–water partition coefficient (Wildman–Crippen LogP) is 2.51. The lowest BCUT2D eigenvalue weighted by Crippen LogP contribution is -2.21. The molecule has 0 saturated heterocycles. The van der Waals surface area contributed by atoms with Crippen molar-refractivity contribution in [3.63, 3.8) is 0 Å². The van der Waals surface area contributed by atoms with Crippen molar-refractivity contribution in [3.8, 4) is 0 Å². The first-order chi connectivity index (χ1) is 10.3. The van der Waals surface area contributed by atoms with E-state index >= 15 is 0 Å². The number of para-hydroxylation sites is 2. The van der Waals surface area contributed by atoms with Crippen molar-refractivity contribution in [1.82, 2.24) is 14.9 Å². The Kier molecular flexibility index (Phi) is 4.17. The van der Waals surface area contributed by atoms with E-state index in [9.17, 15) is 4.79 Å². The molecule has 3 aromatic rings. The van der Waals surface area contributed by atoms with E-state index in [2.05, 4.69) is 22.4 Å². The molecule has 0 spiro atoms. The Morgan fingerprint density at radius 3 is 2.62 bits per heavy atom. The minimum atomic E-state index is -0.0285. The minimum Gasteiger partial charge on any atom is -0.313 e. The SMILES string of the molecule is O=c1[nH]c2ccccc2n1CCCNCc1ccccc1. The van der Waals surface area contributed by atoms with Crippen LogP contribution in [0.5, 0.6) is 0 Å². The van der Waals surface area contributed by atoms with Gasteiger partial charge in [-0.15, -0.1) is 0 Å².